The van der Waals surface area contributed by atoms with Crippen LogP contribution in [0.4, 0.5) is 0 Å². The van der Waals surface area contributed by atoms with Crippen LogP contribution in [0.2, 0.25) is 0 Å². The molecule has 0 spiro atoms. The molecule has 108 valence electrons. The third kappa shape index (κ3) is 2.82. The van der Waals surface area contributed by atoms with Crippen molar-refractivity contribution in [3.05, 3.63) is 41.6 Å². The summed E-state index contributed by atoms with van der Waals surface area (Å²) < 4.78 is 0. The van der Waals surface area contributed by atoms with Gasteiger partial charge in [-0.2, -0.15) is 10.4 Å². The summed E-state index contributed by atoms with van der Waals surface area (Å²) in [4.78, 5) is 2.13. The average molecular weight is 282 g/mol. The molecule has 0 amide bonds. The Labute approximate surface area is 123 Å². The molecule has 1 saturated heterocycles. The summed E-state index contributed by atoms with van der Waals surface area (Å²) in [5.41, 5.74) is 3.63. The number of nitrogens with one attached hydrogen (secondary N) is 1. The second kappa shape index (κ2) is 5.32. The molecule has 0 aliphatic carbocycles. The quantitative estimate of drug-likeness (QED) is 0.897. The molecule has 1 aromatic heterocycles. The van der Waals surface area contributed by atoms with Gasteiger partial charge in [-0.05, 0) is 13.0 Å². The molecule has 5 nitrogen and oxygen atoms in total. The minimum Gasteiger partial charge on any atom is -0.386 e. The molecule has 2 aromatic rings. The second-order valence-corrected chi connectivity index (χ2v) is 5.84. The van der Waals surface area contributed by atoms with E-state index in [2.05, 4.69) is 40.2 Å². The summed E-state index contributed by atoms with van der Waals surface area (Å²) in [5, 5.41) is 25.9. The molecule has 0 saturated carbocycles. The molecule has 2 heterocycles. The first-order valence-corrected chi connectivity index (χ1v) is 7.01. The Morgan fingerprint density at radius 3 is 3.00 bits per heavy atom. The molecule has 1 aromatic carbocycles. The predicted molar refractivity (Wildman–Crippen MR) is 79.2 cm³/mol. The van der Waals surface area contributed by atoms with Crippen molar-refractivity contribution in [2.24, 2.45) is 0 Å². The standard InChI is InChI=1S/C16H18N4O/c1-12-3-2-4-13(7-12)15-14(8-18-19-15)9-20-10-16(21,11-20)5-6-17/h2-4,7-8,21H,5,9-11H2,1H3,(H,18,19). The van der Waals surface area contributed by atoms with Crippen molar-refractivity contribution in [1.29, 1.82) is 5.26 Å². The molecule has 0 bridgehead atoms. The summed E-state index contributed by atoms with van der Waals surface area (Å²) in [7, 11) is 0. The number of aromatic nitrogens is 2. The number of β-amino-alcohol motifs (C(OH)–C–C–N with tert-alkyl or cyclic N) is 1. The van der Waals surface area contributed by atoms with Gasteiger partial charge in [-0.25, -0.2) is 0 Å². The van der Waals surface area contributed by atoms with E-state index in [1.807, 2.05) is 18.3 Å². The first-order valence-electron chi connectivity index (χ1n) is 7.01. The number of nitrogens with zero attached hydrogens (tertiary/aromatic N) is 3. The van der Waals surface area contributed by atoms with Crippen LogP contribution >= 0.6 is 0 Å². The van der Waals surface area contributed by atoms with Gasteiger partial charge in [0, 0.05) is 30.8 Å². The molecule has 2 N–H and O–H groups in total. The number of hydrogen-bond acceptors (Lipinski definition) is 4. The minimum absolute atomic E-state index is 0.194. The zero-order valence-electron chi connectivity index (χ0n) is 12.0. The number of H-pyrrole nitrogens is 1. The van der Waals surface area contributed by atoms with E-state index >= 15 is 0 Å². The highest BCUT2D eigenvalue weighted by molar-refractivity contribution is 5.63. The van der Waals surface area contributed by atoms with Gasteiger partial charge in [0.15, 0.2) is 0 Å². The molecule has 1 aliphatic rings. The number of nitriles is 1. The lowest BCUT2D eigenvalue weighted by molar-refractivity contribution is -0.0974. The van der Waals surface area contributed by atoms with E-state index in [4.69, 9.17) is 5.26 Å². The van der Waals surface area contributed by atoms with Crippen molar-refractivity contribution in [3.63, 3.8) is 0 Å². The van der Waals surface area contributed by atoms with Crippen LogP contribution in [-0.4, -0.2) is 38.9 Å². The third-order valence-corrected chi connectivity index (χ3v) is 3.86. The van der Waals surface area contributed by atoms with Gasteiger partial charge in [0.2, 0.25) is 0 Å². The number of rotatable bonds is 4. The topological polar surface area (TPSA) is 75.9 Å². The van der Waals surface area contributed by atoms with E-state index in [-0.39, 0.29) is 6.42 Å². The lowest BCUT2D eigenvalue weighted by Crippen LogP contribution is -2.60. The molecule has 1 aliphatic heterocycles. The molecule has 21 heavy (non-hydrogen) atoms. The van der Waals surface area contributed by atoms with E-state index in [0.29, 0.717) is 13.1 Å². The summed E-state index contributed by atoms with van der Waals surface area (Å²) in [6, 6.07) is 10.3. The highest BCUT2D eigenvalue weighted by Gasteiger charge is 2.41. The summed E-state index contributed by atoms with van der Waals surface area (Å²) in [6.07, 6.45) is 2.03. The monoisotopic (exact) mass is 282 g/mol. The number of aliphatic hydroxyl groups is 1. The highest BCUT2D eigenvalue weighted by Crippen LogP contribution is 2.29. The summed E-state index contributed by atoms with van der Waals surface area (Å²) >= 11 is 0. The van der Waals surface area contributed by atoms with Gasteiger partial charge in [0.05, 0.1) is 24.4 Å². The smallest absolute Gasteiger partial charge is 0.103 e. The maximum absolute atomic E-state index is 10.0. The normalized spacial score (nSPS) is 17.2. The van der Waals surface area contributed by atoms with Crippen LogP contribution in [0.5, 0.6) is 0 Å². The van der Waals surface area contributed by atoms with Crippen molar-refractivity contribution in [3.8, 4) is 17.3 Å². The molecular weight excluding hydrogens is 264 g/mol. The Morgan fingerprint density at radius 2 is 2.29 bits per heavy atom. The van der Waals surface area contributed by atoms with Crippen LogP contribution < -0.4 is 0 Å². The molecule has 3 rings (SSSR count). The van der Waals surface area contributed by atoms with Gasteiger partial charge >= 0.3 is 0 Å². The summed E-state index contributed by atoms with van der Waals surface area (Å²) in [6.45, 7) is 3.88. The van der Waals surface area contributed by atoms with E-state index < -0.39 is 5.60 Å². The van der Waals surface area contributed by atoms with Gasteiger partial charge in [-0.1, -0.05) is 23.8 Å². The Morgan fingerprint density at radius 1 is 1.48 bits per heavy atom. The van der Waals surface area contributed by atoms with Crippen LogP contribution in [0.3, 0.4) is 0 Å². The van der Waals surface area contributed by atoms with Crippen LogP contribution in [0.1, 0.15) is 17.5 Å². The van der Waals surface area contributed by atoms with Gasteiger partial charge in [-0.15, -0.1) is 0 Å². The number of likely N-dealkylation sites (tertiary alicyclic amines) is 1. The Hall–Kier alpha value is -2.16. The average Bonchev–Trinajstić information content (AvgIpc) is 2.85. The first kappa shape index (κ1) is 13.8. The number of aryl methyl sites for hydroxylation is 1. The second-order valence-electron chi connectivity index (χ2n) is 5.84. The van der Waals surface area contributed by atoms with E-state index in [0.717, 1.165) is 23.4 Å². The molecule has 0 atom stereocenters. The largest absolute Gasteiger partial charge is 0.386 e. The SMILES string of the molecule is Cc1cccc(-c2[nH]ncc2CN2CC(O)(CC#N)C2)c1. The maximum Gasteiger partial charge on any atom is 0.103 e. The van der Waals surface area contributed by atoms with E-state index in [1.54, 1.807) is 0 Å². The van der Waals surface area contributed by atoms with Gasteiger partial charge in [0.25, 0.3) is 0 Å². The fraction of sp³-hybridized carbons (Fsp3) is 0.375. The Bertz CT molecular complexity index is 680. The summed E-state index contributed by atoms with van der Waals surface area (Å²) in [5.74, 6) is 0. The van der Waals surface area contributed by atoms with Crippen LogP contribution in [0, 0.1) is 18.3 Å². The van der Waals surface area contributed by atoms with Crippen LogP contribution in [0.25, 0.3) is 11.3 Å². The molecule has 1 fully saturated rings. The molecular formula is C16H18N4O. The maximum atomic E-state index is 10.0. The van der Waals surface area contributed by atoms with Gasteiger partial charge < -0.3 is 5.11 Å². The number of aromatic amines is 1. The van der Waals surface area contributed by atoms with Crippen molar-refractivity contribution in [2.45, 2.75) is 25.5 Å². The van der Waals surface area contributed by atoms with Crippen LogP contribution in [0.15, 0.2) is 30.5 Å². The molecule has 5 heteroatoms. The highest BCUT2D eigenvalue weighted by atomic mass is 16.3. The van der Waals surface area contributed by atoms with Crippen LogP contribution in [-0.2, 0) is 6.54 Å². The fourth-order valence-corrected chi connectivity index (χ4v) is 2.88. The zero-order chi connectivity index (χ0) is 14.9. The fourth-order valence-electron chi connectivity index (χ4n) is 2.88. The third-order valence-electron chi connectivity index (χ3n) is 3.86. The lowest BCUT2D eigenvalue weighted by atomic mass is 9.90. The van der Waals surface area contributed by atoms with E-state index in [1.165, 1.54) is 5.56 Å². The van der Waals surface area contributed by atoms with Crippen molar-refractivity contribution < 1.29 is 5.11 Å². The van der Waals surface area contributed by atoms with E-state index in [9.17, 15) is 5.11 Å². The predicted octanol–water partition coefficient (Wildman–Crippen LogP) is 1.85. The minimum atomic E-state index is -0.831. The van der Waals surface area contributed by atoms with Crippen molar-refractivity contribution >= 4 is 0 Å². The first-order chi connectivity index (χ1) is 10.1. The van der Waals surface area contributed by atoms with Gasteiger partial charge in [0.1, 0.15) is 5.60 Å². The van der Waals surface area contributed by atoms with Gasteiger partial charge in [-0.3, -0.25) is 10.00 Å². The lowest BCUT2D eigenvalue weighted by Gasteiger charge is -2.45. The molecule has 0 radical (unpaired) electrons. The Balaban J connectivity index is 1.72. The van der Waals surface area contributed by atoms with Crippen molar-refractivity contribution in [1.82, 2.24) is 15.1 Å². The molecule has 0 unspecified atom stereocenters. The number of benzene rings is 1. The Kier molecular flexibility index (Phi) is 3.50. The zero-order valence-corrected chi connectivity index (χ0v) is 12.0. The number of hydrogen-bond donors (Lipinski definition) is 2. The van der Waals surface area contributed by atoms with Crippen molar-refractivity contribution in [2.75, 3.05) is 13.1 Å².